The van der Waals surface area contributed by atoms with Gasteiger partial charge < -0.3 is 14.2 Å². The summed E-state index contributed by atoms with van der Waals surface area (Å²) in [5.74, 6) is 1.22. The molecule has 5 aromatic rings. The number of fused-ring (bicyclic) bond motifs is 2. The van der Waals surface area contributed by atoms with Crippen LogP contribution in [0.4, 0.5) is 4.39 Å². The molecule has 0 aliphatic heterocycles. The number of methoxy groups -OCH3 is 3. The van der Waals surface area contributed by atoms with Crippen molar-refractivity contribution in [1.82, 2.24) is 9.97 Å². The van der Waals surface area contributed by atoms with Crippen LogP contribution in [0.1, 0.15) is 0 Å². The summed E-state index contributed by atoms with van der Waals surface area (Å²) in [5.41, 5.74) is 2.33. The minimum absolute atomic E-state index is 0.327. The Morgan fingerprint density at radius 2 is 1.19 bits per heavy atom. The third kappa shape index (κ3) is 5.26. The first kappa shape index (κ1) is 25.8. The molecule has 0 amide bonds. The molecule has 0 radical (unpaired) electrons. The summed E-state index contributed by atoms with van der Waals surface area (Å²) < 4.78 is 29.4. The molecule has 36 heavy (non-hydrogen) atoms. The van der Waals surface area contributed by atoms with E-state index in [1.54, 1.807) is 32.4 Å². The van der Waals surface area contributed by atoms with E-state index < -0.39 is 0 Å². The lowest BCUT2D eigenvalue weighted by molar-refractivity contribution is 0.409. The Labute approximate surface area is 222 Å². The average Bonchev–Trinajstić information content (AvgIpc) is 2.89. The highest BCUT2D eigenvalue weighted by Crippen LogP contribution is 2.38. The fourth-order valence-corrected chi connectivity index (χ4v) is 4.28. The van der Waals surface area contributed by atoms with Gasteiger partial charge in [0.05, 0.1) is 42.4 Å². The van der Waals surface area contributed by atoms with Crippen molar-refractivity contribution in [2.24, 2.45) is 0 Å². The summed E-state index contributed by atoms with van der Waals surface area (Å²) in [7, 11) is 4.62. The van der Waals surface area contributed by atoms with Crippen LogP contribution in [0.5, 0.6) is 17.2 Å². The van der Waals surface area contributed by atoms with Gasteiger partial charge in [-0.3, -0.25) is 0 Å². The number of aromatic nitrogens is 2. The standard InChI is InChI=1S/C17H13ClFNO2.C10H7Cl2NO/c1-21-14-7-6-11(19)9-12(14)17-15(22-2)8-10-4-3-5-13(18)16(10)20-17;1-14-8-5-6-3-2-4-7(11)9(6)13-10(8)12/h3-9H,1-2H3;2-5H,1H3. The number of para-hydroxylation sites is 2. The average molecular weight is 546 g/mol. The van der Waals surface area contributed by atoms with E-state index in [2.05, 4.69) is 9.97 Å². The summed E-state index contributed by atoms with van der Waals surface area (Å²) in [5, 5.41) is 3.21. The summed E-state index contributed by atoms with van der Waals surface area (Å²) in [6.45, 7) is 0. The van der Waals surface area contributed by atoms with Gasteiger partial charge in [0, 0.05) is 16.3 Å². The van der Waals surface area contributed by atoms with E-state index in [1.807, 2.05) is 36.4 Å². The Kier molecular flexibility index (Phi) is 7.99. The molecule has 0 unspecified atom stereocenters. The molecule has 5 nitrogen and oxygen atoms in total. The molecule has 0 spiro atoms. The second-order valence-electron chi connectivity index (χ2n) is 7.49. The molecule has 0 saturated heterocycles. The second kappa shape index (κ2) is 11.2. The van der Waals surface area contributed by atoms with Crippen LogP contribution in [0.2, 0.25) is 15.2 Å². The van der Waals surface area contributed by atoms with Crippen molar-refractivity contribution in [3.8, 4) is 28.5 Å². The van der Waals surface area contributed by atoms with Gasteiger partial charge in [-0.2, -0.15) is 0 Å². The smallest absolute Gasteiger partial charge is 0.171 e. The van der Waals surface area contributed by atoms with Gasteiger partial charge >= 0.3 is 0 Å². The van der Waals surface area contributed by atoms with Crippen molar-refractivity contribution in [3.05, 3.63) is 87.7 Å². The number of pyridine rings is 2. The quantitative estimate of drug-likeness (QED) is 0.213. The largest absolute Gasteiger partial charge is 0.496 e. The predicted octanol–water partition coefficient (Wildman–Crippen LogP) is 8.26. The number of hydrogen-bond acceptors (Lipinski definition) is 5. The van der Waals surface area contributed by atoms with Crippen LogP contribution < -0.4 is 14.2 Å². The van der Waals surface area contributed by atoms with Gasteiger partial charge in [-0.25, -0.2) is 14.4 Å². The Morgan fingerprint density at radius 3 is 1.78 bits per heavy atom. The minimum Gasteiger partial charge on any atom is -0.496 e. The number of rotatable bonds is 4. The third-order valence-electron chi connectivity index (χ3n) is 5.34. The van der Waals surface area contributed by atoms with Gasteiger partial charge in [0.25, 0.3) is 0 Å². The number of hydrogen-bond donors (Lipinski definition) is 0. The van der Waals surface area contributed by atoms with Crippen LogP contribution in [0.15, 0.2) is 66.7 Å². The molecule has 0 aliphatic rings. The van der Waals surface area contributed by atoms with E-state index >= 15 is 0 Å². The van der Waals surface area contributed by atoms with Gasteiger partial charge in [0.2, 0.25) is 0 Å². The third-order valence-corrected chi connectivity index (χ3v) is 6.22. The van der Waals surface area contributed by atoms with E-state index in [0.29, 0.717) is 54.7 Å². The molecular formula is C27H20Cl3FN2O3. The Morgan fingerprint density at radius 1 is 0.639 bits per heavy atom. The molecule has 0 fully saturated rings. The van der Waals surface area contributed by atoms with Crippen molar-refractivity contribution < 1.29 is 18.6 Å². The van der Waals surface area contributed by atoms with Crippen molar-refractivity contribution in [2.75, 3.05) is 21.3 Å². The van der Waals surface area contributed by atoms with E-state index in [4.69, 9.17) is 49.0 Å². The lowest BCUT2D eigenvalue weighted by Gasteiger charge is -2.13. The maximum atomic E-state index is 13.6. The molecular weight excluding hydrogens is 526 g/mol. The highest BCUT2D eigenvalue weighted by atomic mass is 35.5. The maximum Gasteiger partial charge on any atom is 0.171 e. The van der Waals surface area contributed by atoms with E-state index in [1.165, 1.54) is 19.2 Å². The Balaban J connectivity index is 0.000000187. The SMILES string of the molecule is COc1cc2cccc(Cl)c2nc1Cl.COc1ccc(F)cc1-c1nc2c(Cl)cccc2cc1OC. The molecule has 2 heterocycles. The second-order valence-corrected chi connectivity index (χ2v) is 8.66. The Bertz CT molecular complexity index is 1560. The zero-order chi connectivity index (χ0) is 25.8. The first-order valence-corrected chi connectivity index (χ1v) is 11.8. The van der Waals surface area contributed by atoms with Gasteiger partial charge in [0.15, 0.2) is 10.9 Å². The highest BCUT2D eigenvalue weighted by Gasteiger charge is 2.16. The van der Waals surface area contributed by atoms with Gasteiger partial charge in [-0.1, -0.05) is 59.1 Å². The molecule has 5 rings (SSSR count). The van der Waals surface area contributed by atoms with Crippen LogP contribution in [-0.2, 0) is 0 Å². The molecule has 0 atom stereocenters. The highest BCUT2D eigenvalue weighted by molar-refractivity contribution is 6.36. The van der Waals surface area contributed by atoms with Gasteiger partial charge in [-0.05, 0) is 42.5 Å². The molecule has 0 saturated carbocycles. The van der Waals surface area contributed by atoms with Crippen molar-refractivity contribution in [1.29, 1.82) is 0 Å². The van der Waals surface area contributed by atoms with Crippen molar-refractivity contribution in [3.63, 3.8) is 0 Å². The lowest BCUT2D eigenvalue weighted by Crippen LogP contribution is -1.96. The number of nitrogens with zero attached hydrogens (tertiary/aromatic N) is 2. The number of benzene rings is 3. The van der Waals surface area contributed by atoms with E-state index in [9.17, 15) is 4.39 Å². The Hall–Kier alpha value is -3.32. The topological polar surface area (TPSA) is 53.5 Å². The first-order chi connectivity index (χ1) is 17.4. The van der Waals surface area contributed by atoms with Crippen molar-refractivity contribution in [2.45, 2.75) is 0 Å². The van der Waals surface area contributed by atoms with Crippen molar-refractivity contribution >= 4 is 56.6 Å². The zero-order valence-corrected chi connectivity index (χ0v) is 21.7. The van der Waals surface area contributed by atoms with E-state index in [-0.39, 0.29) is 5.82 Å². The number of halogens is 4. The van der Waals surface area contributed by atoms with Crippen LogP contribution in [0.3, 0.4) is 0 Å². The fourth-order valence-electron chi connectivity index (χ4n) is 3.62. The summed E-state index contributed by atoms with van der Waals surface area (Å²) >= 11 is 18.1. The molecule has 0 N–H and O–H groups in total. The van der Waals surface area contributed by atoms with Gasteiger partial charge in [-0.15, -0.1) is 0 Å². The summed E-state index contributed by atoms with van der Waals surface area (Å²) in [4.78, 5) is 8.72. The monoisotopic (exact) mass is 544 g/mol. The molecule has 0 bridgehead atoms. The van der Waals surface area contributed by atoms with Crippen LogP contribution in [0.25, 0.3) is 33.1 Å². The molecule has 9 heteroatoms. The molecule has 184 valence electrons. The molecule has 2 aromatic heterocycles. The summed E-state index contributed by atoms with van der Waals surface area (Å²) in [6.07, 6.45) is 0. The zero-order valence-electron chi connectivity index (χ0n) is 19.5. The van der Waals surface area contributed by atoms with Crippen LogP contribution in [-0.4, -0.2) is 31.3 Å². The maximum absolute atomic E-state index is 13.6. The normalized spacial score (nSPS) is 10.6. The fraction of sp³-hybridized carbons (Fsp3) is 0.111. The summed E-state index contributed by atoms with van der Waals surface area (Å²) in [6, 6.07) is 18.9. The molecule has 0 aliphatic carbocycles. The minimum atomic E-state index is -0.376. The predicted molar refractivity (Wildman–Crippen MR) is 144 cm³/mol. The number of ether oxygens (including phenoxy) is 3. The molecule has 3 aromatic carbocycles. The van der Waals surface area contributed by atoms with Crippen LogP contribution >= 0.6 is 34.8 Å². The first-order valence-electron chi connectivity index (χ1n) is 10.6. The van der Waals surface area contributed by atoms with Gasteiger partial charge in [0.1, 0.15) is 23.0 Å². The van der Waals surface area contributed by atoms with E-state index in [0.717, 1.165) is 10.8 Å². The van der Waals surface area contributed by atoms with Crippen LogP contribution in [0, 0.1) is 5.82 Å². The lowest BCUT2D eigenvalue weighted by atomic mass is 10.1.